The fourth-order valence-corrected chi connectivity index (χ4v) is 6.02. The molecule has 4 atom stereocenters. The van der Waals surface area contributed by atoms with E-state index < -0.39 is 12.2 Å². The van der Waals surface area contributed by atoms with Crippen LogP contribution in [0.3, 0.4) is 0 Å². The molecule has 0 spiro atoms. The number of ketones is 1. The van der Waals surface area contributed by atoms with E-state index in [9.17, 15) is 24.6 Å². The highest BCUT2D eigenvalue weighted by molar-refractivity contribution is 5.95. The highest BCUT2D eigenvalue weighted by Gasteiger charge is 2.27. The van der Waals surface area contributed by atoms with Crippen LogP contribution in [0.2, 0.25) is 0 Å². The van der Waals surface area contributed by atoms with Crippen LogP contribution in [0.25, 0.3) is 0 Å². The van der Waals surface area contributed by atoms with Crippen molar-refractivity contribution in [2.75, 3.05) is 13.2 Å². The zero-order valence-corrected chi connectivity index (χ0v) is 30.8. The van der Waals surface area contributed by atoms with Gasteiger partial charge in [0.25, 0.3) is 0 Å². The molecule has 7 heteroatoms. The summed E-state index contributed by atoms with van der Waals surface area (Å²) in [4.78, 5) is 36.6. The fraction of sp³-hybridized carbons (Fsp3) is 0.780. The Kier molecular flexibility index (Phi) is 27.0. The van der Waals surface area contributed by atoms with Gasteiger partial charge in [-0.05, 0) is 50.0 Å². The van der Waals surface area contributed by atoms with Crippen LogP contribution in [-0.2, 0) is 23.9 Å². The van der Waals surface area contributed by atoms with E-state index in [4.69, 9.17) is 9.47 Å². The van der Waals surface area contributed by atoms with Crippen molar-refractivity contribution in [2.45, 2.75) is 174 Å². The number of hydrogen-bond donors (Lipinski definition) is 2. The Morgan fingerprint density at radius 1 is 0.812 bits per heavy atom. The van der Waals surface area contributed by atoms with Crippen LogP contribution in [-0.4, -0.2) is 53.4 Å². The van der Waals surface area contributed by atoms with Gasteiger partial charge in [0.1, 0.15) is 6.61 Å². The van der Waals surface area contributed by atoms with Crippen LogP contribution in [0.1, 0.15) is 162 Å². The molecule has 0 bridgehead atoms. The minimum atomic E-state index is -0.835. The fourth-order valence-electron chi connectivity index (χ4n) is 6.02. The van der Waals surface area contributed by atoms with Crippen molar-refractivity contribution in [3.8, 4) is 0 Å². The number of hydrogen-bond acceptors (Lipinski definition) is 7. The van der Waals surface area contributed by atoms with Crippen molar-refractivity contribution in [1.82, 2.24) is 0 Å². The van der Waals surface area contributed by atoms with E-state index >= 15 is 0 Å². The van der Waals surface area contributed by atoms with E-state index in [1.54, 1.807) is 12.2 Å². The molecule has 0 amide bonds. The number of aliphatic hydroxyl groups excluding tert-OH is 2. The molecule has 0 saturated heterocycles. The standard InChI is InChI=1S/C41H70O7/c1-4-5-18-25-36(43)29-30-38-35(28-31-39(38)44)24-20-16-17-21-26-40(45)47-33-37(32-42)48-41(46)27-22-15-13-11-9-7-6-8-10-12-14-19-23-34(2)3/h16,20,28-31,34-38,42-43H,4-15,17-19,21-27,32-33H2,1-3H3/b20-16-,30-29+/t35-,36-,37-,38+/m0/s1. The van der Waals surface area contributed by atoms with Crippen LogP contribution in [0.5, 0.6) is 0 Å². The van der Waals surface area contributed by atoms with Gasteiger partial charge in [0.2, 0.25) is 0 Å². The van der Waals surface area contributed by atoms with Crippen LogP contribution in [0, 0.1) is 17.8 Å². The van der Waals surface area contributed by atoms with E-state index in [1.165, 1.54) is 64.2 Å². The zero-order valence-electron chi connectivity index (χ0n) is 30.8. The summed E-state index contributed by atoms with van der Waals surface area (Å²) in [6.07, 6.45) is 32.5. The molecule has 1 rings (SSSR count). The highest BCUT2D eigenvalue weighted by Crippen LogP contribution is 2.27. The average Bonchev–Trinajstić information content (AvgIpc) is 3.42. The second kappa shape index (κ2) is 29.6. The van der Waals surface area contributed by atoms with Gasteiger partial charge in [0.05, 0.1) is 12.7 Å². The molecule has 1 aliphatic rings. The first-order valence-corrected chi connectivity index (χ1v) is 19.5. The number of carbonyl (C=O) groups is 3. The van der Waals surface area contributed by atoms with Gasteiger partial charge in [-0.1, -0.05) is 147 Å². The highest BCUT2D eigenvalue weighted by atomic mass is 16.6. The average molecular weight is 675 g/mol. The van der Waals surface area contributed by atoms with Crippen molar-refractivity contribution in [2.24, 2.45) is 17.8 Å². The van der Waals surface area contributed by atoms with Crippen molar-refractivity contribution in [3.63, 3.8) is 0 Å². The number of unbranched alkanes of at least 4 members (excludes halogenated alkanes) is 14. The maximum Gasteiger partial charge on any atom is 0.306 e. The number of aliphatic hydroxyl groups is 2. The molecule has 0 fully saturated rings. The largest absolute Gasteiger partial charge is 0.462 e. The predicted octanol–water partition coefficient (Wildman–Crippen LogP) is 9.54. The summed E-state index contributed by atoms with van der Waals surface area (Å²) in [5, 5.41) is 19.7. The van der Waals surface area contributed by atoms with Gasteiger partial charge in [0, 0.05) is 18.8 Å². The summed E-state index contributed by atoms with van der Waals surface area (Å²) in [5.74, 6) is 0.00423. The van der Waals surface area contributed by atoms with E-state index in [-0.39, 0.29) is 49.2 Å². The normalized spacial score (nSPS) is 17.6. The second-order valence-electron chi connectivity index (χ2n) is 14.2. The SMILES string of the molecule is CCCCC[C@H](O)/C=C/[C@H]1C(=O)C=C[C@@H]1C/C=C\CCCC(=O)OC[C@H](CO)OC(=O)CCCCCCCCCCCCCCC(C)C. The van der Waals surface area contributed by atoms with Gasteiger partial charge < -0.3 is 19.7 Å². The Hall–Kier alpha value is -2.25. The van der Waals surface area contributed by atoms with Crippen molar-refractivity contribution in [1.29, 1.82) is 0 Å². The molecule has 276 valence electrons. The molecule has 0 aliphatic heterocycles. The maximum atomic E-state index is 12.3. The summed E-state index contributed by atoms with van der Waals surface area (Å²) in [5.41, 5.74) is 0. The topological polar surface area (TPSA) is 110 Å². The molecule has 0 aromatic heterocycles. The molecule has 7 nitrogen and oxygen atoms in total. The smallest absolute Gasteiger partial charge is 0.306 e. The third-order valence-electron chi connectivity index (χ3n) is 9.11. The molecule has 0 radical (unpaired) electrons. The van der Waals surface area contributed by atoms with Gasteiger partial charge in [-0.2, -0.15) is 0 Å². The third kappa shape index (κ3) is 24.0. The van der Waals surface area contributed by atoms with Gasteiger partial charge in [-0.3, -0.25) is 14.4 Å². The molecule has 0 saturated carbocycles. The molecule has 0 unspecified atom stereocenters. The van der Waals surface area contributed by atoms with E-state index in [0.717, 1.165) is 57.3 Å². The van der Waals surface area contributed by atoms with Gasteiger partial charge in [-0.15, -0.1) is 0 Å². The first-order chi connectivity index (χ1) is 23.3. The van der Waals surface area contributed by atoms with E-state index in [1.807, 2.05) is 24.3 Å². The summed E-state index contributed by atoms with van der Waals surface area (Å²) in [7, 11) is 0. The first-order valence-electron chi connectivity index (χ1n) is 19.5. The first kappa shape index (κ1) is 43.8. The molecule has 0 aromatic carbocycles. The zero-order chi connectivity index (χ0) is 35.2. The summed E-state index contributed by atoms with van der Waals surface area (Å²) < 4.78 is 10.6. The predicted molar refractivity (Wildman–Crippen MR) is 195 cm³/mol. The molecule has 0 aromatic rings. The minimum Gasteiger partial charge on any atom is -0.462 e. The third-order valence-corrected chi connectivity index (χ3v) is 9.11. The Labute approximate surface area is 293 Å². The molecular weight excluding hydrogens is 604 g/mol. The van der Waals surface area contributed by atoms with Gasteiger partial charge in [0.15, 0.2) is 11.9 Å². The Balaban J connectivity index is 2.07. The molecule has 0 heterocycles. The van der Waals surface area contributed by atoms with Crippen LogP contribution < -0.4 is 0 Å². The number of rotatable bonds is 31. The van der Waals surface area contributed by atoms with Gasteiger partial charge in [-0.25, -0.2) is 0 Å². The van der Waals surface area contributed by atoms with Crippen LogP contribution in [0.15, 0.2) is 36.5 Å². The minimum absolute atomic E-state index is 0.0738. The summed E-state index contributed by atoms with van der Waals surface area (Å²) >= 11 is 0. The second-order valence-corrected chi connectivity index (χ2v) is 14.2. The molecule has 48 heavy (non-hydrogen) atoms. The summed E-state index contributed by atoms with van der Waals surface area (Å²) in [6.45, 7) is 6.20. The van der Waals surface area contributed by atoms with Crippen LogP contribution in [0.4, 0.5) is 0 Å². The molecule has 1 aliphatic carbocycles. The van der Waals surface area contributed by atoms with Crippen molar-refractivity contribution >= 4 is 17.7 Å². The lowest BCUT2D eigenvalue weighted by Gasteiger charge is -2.15. The lowest BCUT2D eigenvalue weighted by molar-refractivity contribution is -0.161. The lowest BCUT2D eigenvalue weighted by Crippen LogP contribution is -2.28. The van der Waals surface area contributed by atoms with Crippen molar-refractivity contribution < 1.29 is 34.1 Å². The Morgan fingerprint density at radius 2 is 1.42 bits per heavy atom. The molecular formula is C41H70O7. The molecule has 2 N–H and O–H groups in total. The van der Waals surface area contributed by atoms with Gasteiger partial charge >= 0.3 is 11.9 Å². The monoisotopic (exact) mass is 675 g/mol. The Morgan fingerprint density at radius 3 is 2.04 bits per heavy atom. The number of allylic oxidation sites excluding steroid dienone is 5. The summed E-state index contributed by atoms with van der Waals surface area (Å²) in [6, 6.07) is 0. The van der Waals surface area contributed by atoms with E-state index in [0.29, 0.717) is 19.3 Å². The number of esters is 2. The number of carbonyl (C=O) groups excluding carboxylic acids is 3. The van der Waals surface area contributed by atoms with Crippen LogP contribution >= 0.6 is 0 Å². The quantitative estimate of drug-likeness (QED) is 0.0428. The Bertz CT molecular complexity index is 922. The number of ether oxygens (including phenoxy) is 2. The van der Waals surface area contributed by atoms with Crippen molar-refractivity contribution in [3.05, 3.63) is 36.5 Å². The lowest BCUT2D eigenvalue weighted by atomic mass is 9.90. The van der Waals surface area contributed by atoms with E-state index in [2.05, 4.69) is 20.8 Å². The maximum absolute atomic E-state index is 12.3.